The molecule has 1 aliphatic heterocycles. The van der Waals surface area contributed by atoms with Gasteiger partial charge in [-0.15, -0.1) is 11.3 Å². The highest BCUT2D eigenvalue weighted by Crippen LogP contribution is 2.11. The quantitative estimate of drug-likeness (QED) is 0.826. The molecule has 0 aromatic carbocycles. The minimum absolute atomic E-state index is 1.07. The molecule has 4 heteroatoms. The van der Waals surface area contributed by atoms with Crippen molar-refractivity contribution >= 4 is 11.3 Å². The average molecular weight is 225 g/mol. The van der Waals surface area contributed by atoms with Crippen molar-refractivity contribution in [2.45, 2.75) is 6.54 Å². The number of rotatable bonds is 4. The lowest BCUT2D eigenvalue weighted by Gasteiger charge is -2.31. The van der Waals surface area contributed by atoms with Crippen LogP contribution in [-0.2, 0) is 6.54 Å². The van der Waals surface area contributed by atoms with Crippen LogP contribution in [0.1, 0.15) is 4.88 Å². The Hall–Kier alpha value is -0.420. The van der Waals surface area contributed by atoms with Gasteiger partial charge in [0.2, 0.25) is 0 Å². The fourth-order valence-corrected chi connectivity index (χ4v) is 2.70. The lowest BCUT2D eigenvalue weighted by Crippen LogP contribution is -2.47. The zero-order valence-corrected chi connectivity index (χ0v) is 10.1. The van der Waals surface area contributed by atoms with E-state index < -0.39 is 0 Å². The summed E-state index contributed by atoms with van der Waals surface area (Å²) >= 11 is 1.84. The highest BCUT2D eigenvalue weighted by Gasteiger charge is 2.11. The SMILES string of the molecule is CN(Cc1cccs1)CN1CCNCC1. The molecule has 0 amide bonds. The van der Waals surface area contributed by atoms with Crippen LogP contribution in [0.3, 0.4) is 0 Å². The van der Waals surface area contributed by atoms with Crippen LogP contribution >= 0.6 is 11.3 Å². The van der Waals surface area contributed by atoms with Gasteiger partial charge in [0.1, 0.15) is 0 Å². The minimum Gasteiger partial charge on any atom is -0.314 e. The molecular weight excluding hydrogens is 206 g/mol. The Labute approximate surface area is 95.7 Å². The molecule has 0 saturated carbocycles. The van der Waals surface area contributed by atoms with Crippen molar-refractivity contribution in [1.82, 2.24) is 15.1 Å². The zero-order valence-electron chi connectivity index (χ0n) is 9.28. The molecule has 15 heavy (non-hydrogen) atoms. The smallest absolute Gasteiger partial charge is 0.0508 e. The Balaban J connectivity index is 1.74. The van der Waals surface area contributed by atoms with Crippen LogP contribution in [0.25, 0.3) is 0 Å². The number of thiophene rings is 1. The molecule has 2 rings (SSSR count). The van der Waals surface area contributed by atoms with Gasteiger partial charge in [-0.2, -0.15) is 0 Å². The van der Waals surface area contributed by atoms with E-state index in [9.17, 15) is 0 Å². The van der Waals surface area contributed by atoms with Crippen LogP contribution in [0, 0.1) is 0 Å². The first-order valence-electron chi connectivity index (χ1n) is 5.48. The molecule has 0 spiro atoms. The summed E-state index contributed by atoms with van der Waals surface area (Å²) in [5, 5.41) is 5.52. The highest BCUT2D eigenvalue weighted by molar-refractivity contribution is 7.09. The second-order valence-corrected chi connectivity index (χ2v) is 5.14. The number of hydrogen-bond donors (Lipinski definition) is 1. The molecule has 1 aromatic heterocycles. The summed E-state index contributed by atoms with van der Waals surface area (Å²) in [6.07, 6.45) is 0. The summed E-state index contributed by atoms with van der Waals surface area (Å²) in [7, 11) is 2.20. The molecular formula is C11H19N3S. The van der Waals surface area contributed by atoms with Gasteiger partial charge in [0, 0.05) is 37.6 Å². The maximum Gasteiger partial charge on any atom is 0.0508 e. The second kappa shape index (κ2) is 5.61. The van der Waals surface area contributed by atoms with Crippen LogP contribution in [0.2, 0.25) is 0 Å². The Morgan fingerprint density at radius 1 is 1.47 bits per heavy atom. The molecule has 0 bridgehead atoms. The van der Waals surface area contributed by atoms with Crippen molar-refractivity contribution in [3.05, 3.63) is 22.4 Å². The largest absolute Gasteiger partial charge is 0.314 e. The topological polar surface area (TPSA) is 18.5 Å². The van der Waals surface area contributed by atoms with Gasteiger partial charge in [0.25, 0.3) is 0 Å². The predicted octanol–water partition coefficient (Wildman–Crippen LogP) is 1.04. The first-order chi connectivity index (χ1) is 7.34. The van der Waals surface area contributed by atoms with Gasteiger partial charge < -0.3 is 5.32 Å². The summed E-state index contributed by atoms with van der Waals surface area (Å²) in [6, 6.07) is 4.33. The van der Waals surface area contributed by atoms with Crippen molar-refractivity contribution in [2.75, 3.05) is 39.9 Å². The number of piperazine rings is 1. The van der Waals surface area contributed by atoms with Gasteiger partial charge in [-0.05, 0) is 18.5 Å². The molecule has 1 aliphatic rings. The summed E-state index contributed by atoms with van der Waals surface area (Å²) in [6.45, 7) is 6.77. The Morgan fingerprint density at radius 2 is 2.27 bits per heavy atom. The minimum atomic E-state index is 1.07. The lowest BCUT2D eigenvalue weighted by atomic mass is 10.4. The molecule has 0 aliphatic carbocycles. The maximum absolute atomic E-state index is 3.38. The van der Waals surface area contributed by atoms with Crippen LogP contribution in [0.15, 0.2) is 17.5 Å². The maximum atomic E-state index is 3.38. The van der Waals surface area contributed by atoms with E-state index in [1.54, 1.807) is 0 Å². The van der Waals surface area contributed by atoms with E-state index in [1.165, 1.54) is 18.0 Å². The Bertz CT molecular complexity index is 267. The molecule has 1 aromatic rings. The molecule has 0 unspecified atom stereocenters. The summed E-state index contributed by atoms with van der Waals surface area (Å²) in [4.78, 5) is 6.34. The number of hydrogen-bond acceptors (Lipinski definition) is 4. The van der Waals surface area contributed by atoms with E-state index in [-0.39, 0.29) is 0 Å². The van der Waals surface area contributed by atoms with Crippen molar-refractivity contribution in [3.63, 3.8) is 0 Å². The van der Waals surface area contributed by atoms with Gasteiger partial charge in [-0.1, -0.05) is 6.07 Å². The van der Waals surface area contributed by atoms with E-state index in [1.807, 2.05) is 11.3 Å². The normalized spacial score (nSPS) is 18.5. The molecule has 1 N–H and O–H groups in total. The molecule has 0 atom stereocenters. The fraction of sp³-hybridized carbons (Fsp3) is 0.636. The molecule has 1 fully saturated rings. The van der Waals surface area contributed by atoms with Gasteiger partial charge in [0.05, 0.1) is 6.67 Å². The first kappa shape index (κ1) is 11.1. The molecule has 1 saturated heterocycles. The van der Waals surface area contributed by atoms with Crippen molar-refractivity contribution in [1.29, 1.82) is 0 Å². The molecule has 3 nitrogen and oxygen atoms in total. The summed E-state index contributed by atoms with van der Waals surface area (Å²) < 4.78 is 0. The first-order valence-corrected chi connectivity index (χ1v) is 6.36. The lowest BCUT2D eigenvalue weighted by molar-refractivity contribution is 0.136. The van der Waals surface area contributed by atoms with E-state index in [0.29, 0.717) is 0 Å². The summed E-state index contributed by atoms with van der Waals surface area (Å²) in [5.74, 6) is 0. The number of nitrogens with zero attached hydrogens (tertiary/aromatic N) is 2. The Morgan fingerprint density at radius 3 is 2.93 bits per heavy atom. The summed E-state index contributed by atoms with van der Waals surface area (Å²) in [5.41, 5.74) is 0. The second-order valence-electron chi connectivity index (χ2n) is 4.10. The van der Waals surface area contributed by atoms with Gasteiger partial charge in [0.15, 0.2) is 0 Å². The van der Waals surface area contributed by atoms with Crippen LogP contribution in [0.5, 0.6) is 0 Å². The third-order valence-electron chi connectivity index (χ3n) is 2.66. The van der Waals surface area contributed by atoms with Crippen LogP contribution in [-0.4, -0.2) is 49.7 Å². The predicted molar refractivity (Wildman–Crippen MR) is 65.1 cm³/mol. The monoisotopic (exact) mass is 225 g/mol. The van der Waals surface area contributed by atoms with E-state index in [4.69, 9.17) is 0 Å². The fourth-order valence-electron chi connectivity index (χ4n) is 1.91. The molecule has 84 valence electrons. The Kier molecular flexibility index (Phi) is 4.14. The zero-order chi connectivity index (χ0) is 10.5. The third-order valence-corrected chi connectivity index (χ3v) is 3.52. The van der Waals surface area contributed by atoms with Crippen molar-refractivity contribution < 1.29 is 0 Å². The number of nitrogens with one attached hydrogen (secondary N) is 1. The molecule has 0 radical (unpaired) electrons. The van der Waals surface area contributed by atoms with E-state index >= 15 is 0 Å². The average Bonchev–Trinajstić information content (AvgIpc) is 2.71. The van der Waals surface area contributed by atoms with Crippen molar-refractivity contribution in [2.24, 2.45) is 0 Å². The third kappa shape index (κ3) is 3.57. The van der Waals surface area contributed by atoms with Gasteiger partial charge >= 0.3 is 0 Å². The van der Waals surface area contributed by atoms with Crippen LogP contribution in [0.4, 0.5) is 0 Å². The van der Waals surface area contributed by atoms with Gasteiger partial charge in [-0.25, -0.2) is 0 Å². The van der Waals surface area contributed by atoms with Crippen molar-refractivity contribution in [3.8, 4) is 0 Å². The standard InChI is InChI=1S/C11H19N3S/c1-13(9-11-3-2-8-15-11)10-14-6-4-12-5-7-14/h2-3,8,12H,4-7,9-10H2,1H3. The van der Waals surface area contributed by atoms with E-state index in [2.05, 4.69) is 39.7 Å². The highest BCUT2D eigenvalue weighted by atomic mass is 32.1. The van der Waals surface area contributed by atoms with E-state index in [0.717, 1.165) is 26.3 Å². The van der Waals surface area contributed by atoms with Gasteiger partial charge in [-0.3, -0.25) is 9.80 Å². The molecule has 2 heterocycles. The van der Waals surface area contributed by atoms with Crippen LogP contribution < -0.4 is 5.32 Å².